The van der Waals surface area contributed by atoms with Crippen LogP contribution in [0.4, 0.5) is 17.5 Å². The van der Waals surface area contributed by atoms with Crippen molar-refractivity contribution in [1.29, 1.82) is 0 Å². The van der Waals surface area contributed by atoms with Crippen LogP contribution in [-0.2, 0) is 10.8 Å². The fourth-order valence-corrected chi connectivity index (χ4v) is 7.26. The molecule has 13 nitrogen and oxygen atoms in total. The van der Waals surface area contributed by atoms with Gasteiger partial charge in [0.05, 0.1) is 26.8 Å². The smallest absolute Gasteiger partial charge is 0.255 e. The highest BCUT2D eigenvalue weighted by Gasteiger charge is 2.28. The molecule has 5 heterocycles. The summed E-state index contributed by atoms with van der Waals surface area (Å²) in [6.45, 7) is 18.9. The van der Waals surface area contributed by atoms with Crippen LogP contribution in [-0.4, -0.2) is 127 Å². The van der Waals surface area contributed by atoms with E-state index in [0.717, 1.165) is 74.8 Å². The van der Waals surface area contributed by atoms with E-state index >= 15 is 0 Å². The first-order valence-corrected chi connectivity index (χ1v) is 18.1. The second kappa shape index (κ2) is 14.4. The SMILES string of the molecule is Cc1[nH]nc(Nc2ncnc3cc(OCCN4CCN(c5ccc(C(=O)N6CCN(C)[C@H](C)C6)cn5)CC4)c(S(=O)C(C)(C)C)cc23)c1C. The Labute approximate surface area is 290 Å². The number of hydrogen-bond acceptors (Lipinski definition) is 11. The lowest BCUT2D eigenvalue weighted by Crippen LogP contribution is -2.52. The molecule has 2 fully saturated rings. The van der Waals surface area contributed by atoms with E-state index in [1.807, 2.05) is 63.8 Å². The number of likely N-dealkylation sites (N-methyl/N-ethyl adjacent to an activating group) is 1. The van der Waals surface area contributed by atoms with E-state index in [1.165, 1.54) is 6.33 Å². The number of pyridine rings is 1. The number of ether oxygens (including phenoxy) is 1. The number of rotatable bonds is 9. The molecule has 49 heavy (non-hydrogen) atoms. The summed E-state index contributed by atoms with van der Waals surface area (Å²) in [5.74, 6) is 2.79. The zero-order valence-corrected chi connectivity index (χ0v) is 30.4. The number of benzene rings is 1. The quantitative estimate of drug-likeness (QED) is 0.264. The van der Waals surface area contributed by atoms with Gasteiger partial charge in [0.2, 0.25) is 0 Å². The molecule has 2 aliphatic rings. The minimum atomic E-state index is -1.35. The first kappa shape index (κ1) is 34.7. The molecule has 1 aromatic carbocycles. The van der Waals surface area contributed by atoms with Crippen molar-refractivity contribution in [2.24, 2.45) is 0 Å². The van der Waals surface area contributed by atoms with Crippen molar-refractivity contribution in [3.8, 4) is 5.75 Å². The Balaban J connectivity index is 1.07. The zero-order chi connectivity index (χ0) is 34.9. The molecule has 1 amide bonds. The highest BCUT2D eigenvalue weighted by atomic mass is 32.2. The van der Waals surface area contributed by atoms with Crippen molar-refractivity contribution in [1.82, 2.24) is 39.8 Å². The molecule has 2 aliphatic heterocycles. The average molecular weight is 689 g/mol. The number of carbonyl (C=O) groups excluding carboxylic acids is 1. The van der Waals surface area contributed by atoms with Gasteiger partial charge in [0.1, 0.15) is 30.3 Å². The van der Waals surface area contributed by atoms with Crippen molar-refractivity contribution in [2.45, 2.75) is 57.2 Å². The Hall–Kier alpha value is -4.14. The molecule has 4 aromatic rings. The largest absolute Gasteiger partial charge is 0.491 e. The minimum Gasteiger partial charge on any atom is -0.491 e. The van der Waals surface area contributed by atoms with Gasteiger partial charge in [-0.3, -0.25) is 19.0 Å². The molecule has 6 rings (SSSR count). The second-order valence-electron chi connectivity index (χ2n) is 14.0. The third kappa shape index (κ3) is 7.71. The zero-order valence-electron chi connectivity index (χ0n) is 29.6. The Morgan fingerprint density at radius 1 is 1.04 bits per heavy atom. The molecule has 2 N–H and O–H groups in total. The van der Waals surface area contributed by atoms with Crippen LogP contribution in [0.25, 0.3) is 10.9 Å². The van der Waals surface area contributed by atoms with Crippen molar-refractivity contribution < 1.29 is 13.7 Å². The third-order valence-electron chi connectivity index (χ3n) is 9.55. The van der Waals surface area contributed by atoms with Crippen molar-refractivity contribution in [2.75, 3.05) is 76.2 Å². The summed E-state index contributed by atoms with van der Waals surface area (Å²) in [7, 11) is 0.750. The predicted molar refractivity (Wildman–Crippen MR) is 193 cm³/mol. The van der Waals surface area contributed by atoms with Crippen LogP contribution in [0.5, 0.6) is 5.75 Å². The topological polar surface area (TPSA) is 136 Å². The minimum absolute atomic E-state index is 0.0495. The van der Waals surface area contributed by atoms with Crippen LogP contribution in [0.3, 0.4) is 0 Å². The summed E-state index contributed by atoms with van der Waals surface area (Å²) in [4.78, 5) is 36.2. The van der Waals surface area contributed by atoms with E-state index in [-0.39, 0.29) is 5.91 Å². The van der Waals surface area contributed by atoms with Crippen LogP contribution >= 0.6 is 0 Å². The number of nitrogens with one attached hydrogen (secondary N) is 2. The van der Waals surface area contributed by atoms with Gasteiger partial charge in [-0.05, 0) is 66.8 Å². The van der Waals surface area contributed by atoms with Gasteiger partial charge in [0.25, 0.3) is 5.91 Å². The van der Waals surface area contributed by atoms with Crippen molar-refractivity contribution >= 4 is 45.1 Å². The van der Waals surface area contributed by atoms with Crippen LogP contribution in [0.15, 0.2) is 41.7 Å². The number of amides is 1. The first-order chi connectivity index (χ1) is 23.4. The predicted octanol–water partition coefficient (Wildman–Crippen LogP) is 3.99. The van der Waals surface area contributed by atoms with Gasteiger partial charge in [-0.2, -0.15) is 5.10 Å². The summed E-state index contributed by atoms with van der Waals surface area (Å²) < 4.78 is 19.6. The van der Waals surface area contributed by atoms with Gasteiger partial charge >= 0.3 is 0 Å². The van der Waals surface area contributed by atoms with Crippen LogP contribution in [0.1, 0.15) is 49.3 Å². The molecule has 0 spiro atoms. The molecule has 0 aliphatic carbocycles. The summed E-state index contributed by atoms with van der Waals surface area (Å²) in [5.41, 5.74) is 3.31. The number of hydrogen-bond donors (Lipinski definition) is 2. The molecule has 14 heteroatoms. The number of aromatic amines is 1. The lowest BCUT2D eigenvalue weighted by Gasteiger charge is -2.37. The lowest BCUT2D eigenvalue weighted by atomic mass is 10.1. The lowest BCUT2D eigenvalue weighted by molar-refractivity contribution is 0.0572. The van der Waals surface area contributed by atoms with Gasteiger partial charge in [-0.15, -0.1) is 0 Å². The highest BCUT2D eigenvalue weighted by molar-refractivity contribution is 7.86. The van der Waals surface area contributed by atoms with Gasteiger partial charge in [-0.1, -0.05) is 0 Å². The number of aromatic nitrogens is 5. The maximum atomic E-state index is 13.8. The molecule has 262 valence electrons. The number of piperazine rings is 2. The first-order valence-electron chi connectivity index (χ1n) is 16.9. The van der Waals surface area contributed by atoms with E-state index in [1.54, 1.807) is 6.20 Å². The molecule has 0 bridgehead atoms. The second-order valence-corrected chi connectivity index (χ2v) is 16.2. The molecular formula is C35H48N10O3S. The van der Waals surface area contributed by atoms with Crippen molar-refractivity contribution in [3.05, 3.63) is 53.6 Å². The number of nitrogens with zero attached hydrogens (tertiary/aromatic N) is 8. The van der Waals surface area contributed by atoms with E-state index in [9.17, 15) is 9.00 Å². The van der Waals surface area contributed by atoms with E-state index < -0.39 is 15.5 Å². The Bertz CT molecular complexity index is 1810. The van der Waals surface area contributed by atoms with E-state index in [4.69, 9.17) is 4.74 Å². The molecule has 2 atom stereocenters. The summed E-state index contributed by atoms with van der Waals surface area (Å²) in [6.07, 6.45) is 3.23. The molecule has 2 saturated heterocycles. The maximum Gasteiger partial charge on any atom is 0.255 e. The normalized spacial score (nSPS) is 18.6. The summed E-state index contributed by atoms with van der Waals surface area (Å²) >= 11 is 0. The van der Waals surface area contributed by atoms with Gasteiger partial charge in [0, 0.05) is 92.1 Å². The summed E-state index contributed by atoms with van der Waals surface area (Å²) in [5, 5.41) is 11.4. The number of anilines is 3. The molecule has 1 unspecified atom stereocenters. The standard InChI is InChI=1S/C35H48N10O3S/c1-23-21-45(13-10-42(23)7)34(46)26-8-9-31(36-20-26)44-14-11-43(12-15-44)16-17-48-29-19-28-27(18-30(29)49(47)35(4,5)6)33(38-22-37-28)39-32-24(2)25(3)40-41-32/h8-9,18-20,22-23H,10-17,21H2,1-7H3,(H2,37,38,39,40,41)/t23-,49?/m1/s1. The number of fused-ring (bicyclic) bond motifs is 1. The molecule has 3 aromatic heterocycles. The van der Waals surface area contributed by atoms with E-state index in [2.05, 4.69) is 59.1 Å². The van der Waals surface area contributed by atoms with E-state index in [0.29, 0.717) is 46.0 Å². The molecular weight excluding hydrogens is 641 g/mol. The Morgan fingerprint density at radius 2 is 1.82 bits per heavy atom. The number of H-pyrrole nitrogens is 1. The van der Waals surface area contributed by atoms with Gasteiger partial charge < -0.3 is 24.8 Å². The molecule has 0 radical (unpaired) electrons. The van der Waals surface area contributed by atoms with Crippen LogP contribution in [0.2, 0.25) is 0 Å². The van der Waals surface area contributed by atoms with Crippen molar-refractivity contribution in [3.63, 3.8) is 0 Å². The van der Waals surface area contributed by atoms with Crippen LogP contribution < -0.4 is 15.0 Å². The third-order valence-corrected chi connectivity index (χ3v) is 11.4. The maximum absolute atomic E-state index is 13.8. The Kier molecular flexibility index (Phi) is 10.2. The highest BCUT2D eigenvalue weighted by Crippen LogP contribution is 2.35. The number of aryl methyl sites for hydroxylation is 1. The van der Waals surface area contributed by atoms with Crippen LogP contribution in [0, 0.1) is 13.8 Å². The molecule has 0 saturated carbocycles. The average Bonchev–Trinajstić information content (AvgIpc) is 3.41. The fourth-order valence-electron chi connectivity index (χ4n) is 6.07. The summed E-state index contributed by atoms with van der Waals surface area (Å²) in [6, 6.07) is 7.97. The fraction of sp³-hybridized carbons (Fsp3) is 0.514. The van der Waals surface area contributed by atoms with Gasteiger partial charge in [0.15, 0.2) is 5.82 Å². The monoisotopic (exact) mass is 688 g/mol. The van der Waals surface area contributed by atoms with Gasteiger partial charge in [-0.25, -0.2) is 15.0 Å². The number of carbonyl (C=O) groups is 1. The Morgan fingerprint density at radius 3 is 2.47 bits per heavy atom.